The standard InChI is InChI=1S/C20H30N2O5/c1-6-10-16(23)26-17(14(2)22-19(25)27-20(3,4)5)18(24)21-13-15-11-8-7-9-12-15/h7-9,11-12,14,17H,6,10,13H2,1-5H3,(H,21,24)(H,22,25). The van der Waals surface area contributed by atoms with Gasteiger partial charge < -0.3 is 20.1 Å². The number of rotatable bonds is 8. The Labute approximate surface area is 160 Å². The van der Waals surface area contributed by atoms with Crippen molar-refractivity contribution in [3.63, 3.8) is 0 Å². The Morgan fingerprint density at radius 1 is 1.11 bits per heavy atom. The van der Waals surface area contributed by atoms with Gasteiger partial charge in [-0.3, -0.25) is 9.59 Å². The molecule has 1 rings (SSSR count). The van der Waals surface area contributed by atoms with Gasteiger partial charge in [0.25, 0.3) is 5.91 Å². The fraction of sp³-hybridized carbons (Fsp3) is 0.550. The molecule has 0 heterocycles. The average molecular weight is 378 g/mol. The lowest BCUT2D eigenvalue weighted by atomic mass is 10.1. The number of nitrogens with one attached hydrogen (secondary N) is 2. The van der Waals surface area contributed by atoms with Gasteiger partial charge in [-0.2, -0.15) is 0 Å². The first-order valence-corrected chi connectivity index (χ1v) is 9.13. The summed E-state index contributed by atoms with van der Waals surface area (Å²) in [6.07, 6.45) is -1.03. The van der Waals surface area contributed by atoms with Gasteiger partial charge in [0.15, 0.2) is 6.10 Å². The van der Waals surface area contributed by atoms with Crippen molar-refractivity contribution in [2.75, 3.05) is 0 Å². The van der Waals surface area contributed by atoms with E-state index in [0.717, 1.165) is 5.56 Å². The first-order chi connectivity index (χ1) is 12.6. The molecule has 0 radical (unpaired) electrons. The van der Waals surface area contributed by atoms with Crippen LogP contribution in [0.4, 0.5) is 4.79 Å². The van der Waals surface area contributed by atoms with Gasteiger partial charge in [-0.15, -0.1) is 0 Å². The summed E-state index contributed by atoms with van der Waals surface area (Å²) in [7, 11) is 0. The number of ether oxygens (including phenoxy) is 2. The highest BCUT2D eigenvalue weighted by atomic mass is 16.6. The Morgan fingerprint density at radius 3 is 2.30 bits per heavy atom. The molecular formula is C20H30N2O5. The van der Waals surface area contributed by atoms with E-state index in [1.807, 2.05) is 37.3 Å². The number of benzene rings is 1. The summed E-state index contributed by atoms with van der Waals surface area (Å²) in [5.41, 5.74) is 0.241. The quantitative estimate of drug-likeness (QED) is 0.679. The van der Waals surface area contributed by atoms with Crippen molar-refractivity contribution in [2.24, 2.45) is 0 Å². The van der Waals surface area contributed by atoms with E-state index in [1.54, 1.807) is 27.7 Å². The second kappa shape index (κ2) is 10.5. The Morgan fingerprint density at radius 2 is 1.74 bits per heavy atom. The molecule has 2 unspecified atom stereocenters. The lowest BCUT2D eigenvalue weighted by molar-refractivity contribution is -0.157. The summed E-state index contributed by atoms with van der Waals surface area (Å²) >= 11 is 0. The predicted molar refractivity (Wildman–Crippen MR) is 102 cm³/mol. The third-order valence-corrected chi connectivity index (χ3v) is 3.48. The molecule has 1 aromatic carbocycles. The molecule has 0 fully saturated rings. The molecule has 0 aliphatic rings. The summed E-state index contributed by atoms with van der Waals surface area (Å²) in [6, 6.07) is 8.62. The van der Waals surface area contributed by atoms with Crippen molar-refractivity contribution in [3.05, 3.63) is 35.9 Å². The highest BCUT2D eigenvalue weighted by Crippen LogP contribution is 2.09. The van der Waals surface area contributed by atoms with E-state index < -0.39 is 35.7 Å². The van der Waals surface area contributed by atoms with Crippen LogP contribution in [-0.2, 0) is 25.6 Å². The van der Waals surface area contributed by atoms with Crippen LogP contribution in [0.5, 0.6) is 0 Å². The molecule has 0 saturated heterocycles. The molecule has 0 aromatic heterocycles. The van der Waals surface area contributed by atoms with Crippen LogP contribution >= 0.6 is 0 Å². The molecule has 150 valence electrons. The van der Waals surface area contributed by atoms with E-state index in [4.69, 9.17) is 9.47 Å². The Kier molecular flexibility index (Phi) is 8.78. The molecule has 2 N–H and O–H groups in total. The minimum absolute atomic E-state index is 0.196. The third kappa shape index (κ3) is 9.08. The fourth-order valence-corrected chi connectivity index (χ4v) is 2.24. The average Bonchev–Trinajstić information content (AvgIpc) is 2.57. The first kappa shape index (κ1) is 22.5. The molecule has 0 saturated carbocycles. The molecule has 2 atom stereocenters. The van der Waals surface area contributed by atoms with Crippen LogP contribution < -0.4 is 10.6 Å². The lowest BCUT2D eigenvalue weighted by Gasteiger charge is -2.26. The van der Waals surface area contributed by atoms with Gasteiger partial charge in [0.2, 0.25) is 0 Å². The normalized spacial score (nSPS) is 13.2. The van der Waals surface area contributed by atoms with Crippen molar-refractivity contribution in [1.82, 2.24) is 10.6 Å². The molecule has 0 spiro atoms. The van der Waals surface area contributed by atoms with Gasteiger partial charge in [0, 0.05) is 13.0 Å². The molecule has 0 aliphatic carbocycles. The lowest BCUT2D eigenvalue weighted by Crippen LogP contribution is -2.51. The zero-order valence-electron chi connectivity index (χ0n) is 16.7. The number of hydrogen-bond acceptors (Lipinski definition) is 5. The summed E-state index contributed by atoms with van der Waals surface area (Å²) in [5.74, 6) is -0.970. The monoisotopic (exact) mass is 378 g/mol. The molecule has 7 nitrogen and oxygen atoms in total. The second-order valence-corrected chi connectivity index (χ2v) is 7.30. The van der Waals surface area contributed by atoms with E-state index in [9.17, 15) is 14.4 Å². The van der Waals surface area contributed by atoms with Crippen molar-refractivity contribution < 1.29 is 23.9 Å². The highest BCUT2D eigenvalue weighted by molar-refractivity contribution is 5.85. The van der Waals surface area contributed by atoms with Gasteiger partial charge in [-0.1, -0.05) is 37.3 Å². The van der Waals surface area contributed by atoms with Crippen LogP contribution in [0.3, 0.4) is 0 Å². The van der Waals surface area contributed by atoms with Gasteiger partial charge in [-0.05, 0) is 39.7 Å². The molecule has 0 bridgehead atoms. The zero-order chi connectivity index (χ0) is 20.4. The number of carbonyl (C=O) groups is 3. The van der Waals surface area contributed by atoms with Gasteiger partial charge in [-0.25, -0.2) is 4.79 Å². The minimum atomic E-state index is -1.15. The number of hydrogen-bond donors (Lipinski definition) is 2. The minimum Gasteiger partial charge on any atom is -0.450 e. The van der Waals surface area contributed by atoms with Crippen molar-refractivity contribution in [2.45, 2.75) is 71.8 Å². The topological polar surface area (TPSA) is 93.7 Å². The third-order valence-electron chi connectivity index (χ3n) is 3.48. The van der Waals surface area contributed by atoms with Crippen molar-refractivity contribution in [3.8, 4) is 0 Å². The summed E-state index contributed by atoms with van der Waals surface area (Å²) in [6.45, 7) is 8.94. The van der Waals surface area contributed by atoms with Crippen LogP contribution in [0.25, 0.3) is 0 Å². The van der Waals surface area contributed by atoms with E-state index in [2.05, 4.69) is 10.6 Å². The largest absolute Gasteiger partial charge is 0.450 e. The first-order valence-electron chi connectivity index (χ1n) is 9.13. The van der Waals surface area contributed by atoms with E-state index >= 15 is 0 Å². The van der Waals surface area contributed by atoms with Crippen LogP contribution in [-0.4, -0.2) is 35.7 Å². The smallest absolute Gasteiger partial charge is 0.408 e. The van der Waals surface area contributed by atoms with E-state index in [0.29, 0.717) is 13.0 Å². The molecular weight excluding hydrogens is 348 g/mol. The number of alkyl carbamates (subject to hydrolysis) is 1. The fourth-order valence-electron chi connectivity index (χ4n) is 2.24. The predicted octanol–water partition coefficient (Wildman–Crippen LogP) is 2.93. The molecule has 7 heteroatoms. The van der Waals surface area contributed by atoms with E-state index in [-0.39, 0.29) is 6.42 Å². The highest BCUT2D eigenvalue weighted by Gasteiger charge is 2.31. The SMILES string of the molecule is CCCC(=O)OC(C(=O)NCc1ccccc1)C(C)NC(=O)OC(C)(C)C. The molecule has 27 heavy (non-hydrogen) atoms. The second-order valence-electron chi connectivity index (χ2n) is 7.30. The maximum Gasteiger partial charge on any atom is 0.408 e. The maximum absolute atomic E-state index is 12.6. The summed E-state index contributed by atoms with van der Waals surface area (Å²) < 4.78 is 10.5. The Balaban J connectivity index is 2.76. The number of amides is 2. The van der Waals surface area contributed by atoms with Crippen molar-refractivity contribution >= 4 is 18.0 Å². The molecule has 1 aromatic rings. The number of carbonyl (C=O) groups excluding carboxylic acids is 3. The van der Waals surface area contributed by atoms with Crippen molar-refractivity contribution in [1.29, 1.82) is 0 Å². The van der Waals surface area contributed by atoms with Gasteiger partial charge in [0.1, 0.15) is 5.60 Å². The Bertz CT molecular complexity index is 625. The van der Waals surface area contributed by atoms with Crippen LogP contribution in [0.2, 0.25) is 0 Å². The zero-order valence-corrected chi connectivity index (χ0v) is 16.7. The van der Waals surface area contributed by atoms with Crippen LogP contribution in [0.15, 0.2) is 30.3 Å². The van der Waals surface area contributed by atoms with Gasteiger partial charge in [0.05, 0.1) is 6.04 Å². The Hall–Kier alpha value is -2.57. The summed E-state index contributed by atoms with van der Waals surface area (Å²) in [4.78, 5) is 36.5. The van der Waals surface area contributed by atoms with E-state index in [1.165, 1.54) is 0 Å². The maximum atomic E-state index is 12.6. The number of esters is 1. The summed E-state index contributed by atoms with van der Waals surface area (Å²) in [5, 5.41) is 5.30. The van der Waals surface area contributed by atoms with Gasteiger partial charge >= 0.3 is 12.1 Å². The van der Waals surface area contributed by atoms with Crippen LogP contribution in [0, 0.1) is 0 Å². The molecule has 0 aliphatic heterocycles. The molecule has 2 amide bonds. The van der Waals surface area contributed by atoms with Crippen LogP contribution in [0.1, 0.15) is 53.0 Å².